The molecule has 4 aromatic rings. The van der Waals surface area contributed by atoms with Gasteiger partial charge in [-0.2, -0.15) is 18.4 Å². The SMILES string of the molecule is CC(C)(CNc1c(C#N)cnc2c(Cl)cc(N[C@H](C3=CN(C45CC(C4)C5)NN3)c3ccc(F)c4ncccc34)cc12)C(F)(F)F. The van der Waals surface area contributed by atoms with Crippen LogP contribution < -0.4 is 21.6 Å². The zero-order valence-corrected chi connectivity index (χ0v) is 25.1. The maximum absolute atomic E-state index is 14.8. The van der Waals surface area contributed by atoms with Gasteiger partial charge in [0.25, 0.3) is 0 Å². The van der Waals surface area contributed by atoms with Crippen molar-refractivity contribution >= 4 is 44.8 Å². The Labute approximate surface area is 261 Å². The molecule has 0 amide bonds. The van der Waals surface area contributed by atoms with Crippen LogP contribution in [0.5, 0.6) is 0 Å². The summed E-state index contributed by atoms with van der Waals surface area (Å²) in [4.78, 5) is 8.60. The molecular formula is C32H29ClF4N8. The minimum absolute atomic E-state index is 0.0762. The summed E-state index contributed by atoms with van der Waals surface area (Å²) in [5, 5.41) is 19.5. The van der Waals surface area contributed by atoms with Gasteiger partial charge in [0, 0.05) is 41.6 Å². The standard InChI is InChI=1S/C32H29ClF4N8/c1-30(2,32(35,36)37)16-41-26-18(13-38)14-40-27-22(26)8-19(9-23(27)33)42-29(21-5-6-24(34)28-20(21)4-3-7-39-28)25-15-45(44-43-25)31-10-17(11-31)12-31/h3-9,14-15,17,29,42-44H,10-12,16H2,1-2H3,(H,40,41)/t17?,29-,31?/m0/s1. The lowest BCUT2D eigenvalue weighted by molar-refractivity contribution is -0.206. The van der Waals surface area contributed by atoms with Gasteiger partial charge in [-0.05, 0) is 68.9 Å². The van der Waals surface area contributed by atoms with Gasteiger partial charge in [-0.25, -0.2) is 4.39 Å². The van der Waals surface area contributed by atoms with Crippen molar-refractivity contribution in [3.8, 4) is 6.07 Å². The van der Waals surface area contributed by atoms with Crippen molar-refractivity contribution in [3.05, 3.63) is 82.7 Å². The predicted molar refractivity (Wildman–Crippen MR) is 164 cm³/mol. The van der Waals surface area contributed by atoms with E-state index >= 15 is 0 Å². The van der Waals surface area contributed by atoms with Crippen molar-refractivity contribution < 1.29 is 17.6 Å². The smallest absolute Gasteiger partial charge is 0.382 e. The molecule has 232 valence electrons. The number of alkyl halides is 3. The molecule has 2 bridgehead atoms. The minimum Gasteiger partial charge on any atom is -0.382 e. The minimum atomic E-state index is -4.47. The van der Waals surface area contributed by atoms with Gasteiger partial charge in [0.05, 0.1) is 44.5 Å². The number of aromatic nitrogens is 2. The zero-order chi connectivity index (χ0) is 31.7. The summed E-state index contributed by atoms with van der Waals surface area (Å²) in [5.74, 6) is 0.317. The first-order valence-electron chi connectivity index (χ1n) is 14.5. The fraction of sp³-hybridized carbons (Fsp3) is 0.344. The van der Waals surface area contributed by atoms with Gasteiger partial charge in [-0.3, -0.25) is 15.0 Å². The highest BCUT2D eigenvalue weighted by atomic mass is 35.5. The van der Waals surface area contributed by atoms with Gasteiger partial charge in [0.15, 0.2) is 0 Å². The number of nitrogens with zero attached hydrogens (tertiary/aromatic N) is 4. The fourth-order valence-electron chi connectivity index (χ4n) is 6.39. The molecule has 0 saturated heterocycles. The lowest BCUT2D eigenvalue weighted by Gasteiger charge is -2.64. The van der Waals surface area contributed by atoms with Crippen molar-refractivity contribution in [1.29, 1.82) is 5.26 Å². The van der Waals surface area contributed by atoms with E-state index < -0.39 is 30.0 Å². The lowest BCUT2D eigenvalue weighted by Crippen LogP contribution is -2.69. The number of fused-ring (bicyclic) bond motifs is 2. The Kier molecular flexibility index (Phi) is 6.76. The Morgan fingerprint density at radius 1 is 1.13 bits per heavy atom. The van der Waals surface area contributed by atoms with Crippen LogP contribution in [-0.4, -0.2) is 33.2 Å². The molecular weight excluding hydrogens is 608 g/mol. The molecule has 13 heteroatoms. The van der Waals surface area contributed by atoms with Crippen LogP contribution >= 0.6 is 11.6 Å². The third-order valence-corrected chi connectivity index (χ3v) is 9.60. The number of halogens is 5. The fourth-order valence-corrected chi connectivity index (χ4v) is 6.66. The number of nitriles is 1. The van der Waals surface area contributed by atoms with E-state index in [9.17, 15) is 22.8 Å². The number of pyridine rings is 2. The second-order valence-corrected chi connectivity index (χ2v) is 13.2. The quantitative estimate of drug-likeness (QED) is 0.149. The van der Waals surface area contributed by atoms with Gasteiger partial charge in [-0.1, -0.05) is 23.7 Å². The highest BCUT2D eigenvalue weighted by Crippen LogP contribution is 2.60. The molecule has 45 heavy (non-hydrogen) atoms. The van der Waals surface area contributed by atoms with E-state index in [-0.39, 0.29) is 27.3 Å². The molecule has 8 rings (SSSR count). The monoisotopic (exact) mass is 636 g/mol. The topological polar surface area (TPSA) is 101 Å². The number of hydrazine groups is 2. The summed E-state index contributed by atoms with van der Waals surface area (Å²) >= 11 is 6.71. The molecule has 1 atom stereocenters. The van der Waals surface area contributed by atoms with Crippen molar-refractivity contribution in [2.75, 3.05) is 17.2 Å². The van der Waals surface area contributed by atoms with Gasteiger partial charge in [0.1, 0.15) is 17.4 Å². The molecule has 0 spiro atoms. The maximum Gasteiger partial charge on any atom is 0.395 e. The first-order chi connectivity index (χ1) is 21.4. The van der Waals surface area contributed by atoms with Crippen molar-refractivity contribution in [1.82, 2.24) is 25.9 Å². The van der Waals surface area contributed by atoms with Crippen molar-refractivity contribution in [2.45, 2.75) is 50.9 Å². The number of hydrogen-bond acceptors (Lipinski definition) is 8. The average molecular weight is 637 g/mol. The molecule has 3 heterocycles. The highest BCUT2D eigenvalue weighted by molar-refractivity contribution is 6.35. The average Bonchev–Trinajstić information content (AvgIpc) is 3.42. The number of benzene rings is 2. The predicted octanol–water partition coefficient (Wildman–Crippen LogP) is 7.32. The number of anilines is 2. The van der Waals surface area contributed by atoms with E-state index in [0.29, 0.717) is 22.0 Å². The molecule has 4 N–H and O–H groups in total. The summed E-state index contributed by atoms with van der Waals surface area (Å²) in [6.45, 7) is 1.71. The Bertz CT molecular complexity index is 1900. The number of hydrogen-bond donors (Lipinski definition) is 4. The molecule has 3 fully saturated rings. The van der Waals surface area contributed by atoms with Crippen molar-refractivity contribution in [3.63, 3.8) is 0 Å². The summed E-state index contributed by atoms with van der Waals surface area (Å²) < 4.78 is 55.9. The normalized spacial score (nSPS) is 21.4. The number of nitrogens with one attached hydrogen (secondary N) is 4. The Morgan fingerprint density at radius 2 is 1.91 bits per heavy atom. The van der Waals surface area contributed by atoms with Crippen molar-refractivity contribution in [2.24, 2.45) is 11.3 Å². The third kappa shape index (κ3) is 4.85. The van der Waals surface area contributed by atoms with E-state index in [1.807, 2.05) is 12.3 Å². The first kappa shape index (κ1) is 29.4. The van der Waals surface area contributed by atoms with Crippen LogP contribution in [0.2, 0.25) is 5.02 Å². The van der Waals surface area contributed by atoms with Crippen LogP contribution in [0.3, 0.4) is 0 Å². The Morgan fingerprint density at radius 3 is 2.60 bits per heavy atom. The van der Waals surface area contributed by atoms with Crippen LogP contribution in [0.1, 0.15) is 50.3 Å². The summed E-state index contributed by atoms with van der Waals surface area (Å²) in [6, 6.07) is 11.5. The third-order valence-electron chi connectivity index (χ3n) is 9.31. The van der Waals surface area contributed by atoms with E-state index in [0.717, 1.165) is 50.3 Å². The lowest BCUT2D eigenvalue weighted by atomic mass is 9.49. The second kappa shape index (κ2) is 10.4. The largest absolute Gasteiger partial charge is 0.395 e. The van der Waals surface area contributed by atoms with Crippen LogP contribution in [0.25, 0.3) is 21.8 Å². The Hall–Kier alpha value is -4.34. The van der Waals surface area contributed by atoms with Gasteiger partial charge in [-0.15, -0.1) is 5.53 Å². The first-order valence-corrected chi connectivity index (χ1v) is 14.9. The van der Waals surface area contributed by atoms with E-state index in [1.54, 1.807) is 30.3 Å². The zero-order valence-electron chi connectivity index (χ0n) is 24.4. The summed E-state index contributed by atoms with van der Waals surface area (Å²) in [7, 11) is 0. The van der Waals surface area contributed by atoms with Gasteiger partial charge in [0.2, 0.25) is 0 Å². The molecule has 0 radical (unpaired) electrons. The molecule has 3 aliphatic carbocycles. The molecule has 2 aromatic heterocycles. The molecule has 8 nitrogen and oxygen atoms in total. The van der Waals surface area contributed by atoms with Crippen LogP contribution in [0.4, 0.5) is 28.9 Å². The Balaban J connectivity index is 1.32. The second-order valence-electron chi connectivity index (χ2n) is 12.8. The van der Waals surface area contributed by atoms with E-state index in [2.05, 4.69) is 36.6 Å². The van der Waals surface area contributed by atoms with Gasteiger partial charge < -0.3 is 16.1 Å². The summed E-state index contributed by atoms with van der Waals surface area (Å²) in [5.41, 5.74) is 7.43. The highest BCUT2D eigenvalue weighted by Gasteiger charge is 2.60. The molecule has 1 aliphatic heterocycles. The van der Waals surface area contributed by atoms with Crippen LogP contribution in [0.15, 0.2) is 60.7 Å². The number of rotatable bonds is 8. The van der Waals surface area contributed by atoms with Crippen LogP contribution in [0, 0.1) is 28.5 Å². The summed E-state index contributed by atoms with van der Waals surface area (Å²) in [6.07, 6.45) is 3.72. The molecule has 4 aliphatic rings. The van der Waals surface area contributed by atoms with Gasteiger partial charge >= 0.3 is 6.18 Å². The molecule has 0 unspecified atom stereocenters. The maximum atomic E-state index is 14.8. The molecule has 3 saturated carbocycles. The van der Waals surface area contributed by atoms with Crippen LogP contribution in [-0.2, 0) is 0 Å². The molecule has 2 aromatic carbocycles. The van der Waals surface area contributed by atoms with E-state index in [4.69, 9.17) is 11.6 Å². The van der Waals surface area contributed by atoms with E-state index in [1.165, 1.54) is 18.5 Å².